The number of hydrogen-bond donors (Lipinski definition) is 0. The van der Waals surface area contributed by atoms with Crippen LogP contribution in [0.2, 0.25) is 0 Å². The van der Waals surface area contributed by atoms with Crippen molar-refractivity contribution in [3.05, 3.63) is 24.4 Å². The molecule has 12 heavy (non-hydrogen) atoms. The van der Waals surface area contributed by atoms with Gasteiger partial charge < -0.3 is 4.90 Å². The predicted octanol–water partition coefficient (Wildman–Crippen LogP) is 2.15. The summed E-state index contributed by atoms with van der Waals surface area (Å²) < 4.78 is 0. The SMILES string of the molecule is CC(CCl)N(C)c1ccccn1. The number of nitrogens with zero attached hydrogens (tertiary/aromatic N) is 2. The zero-order valence-corrected chi connectivity index (χ0v) is 8.12. The number of anilines is 1. The summed E-state index contributed by atoms with van der Waals surface area (Å²) in [5, 5.41) is 0. The first kappa shape index (κ1) is 9.33. The molecule has 1 rings (SSSR count). The van der Waals surface area contributed by atoms with E-state index in [9.17, 15) is 0 Å². The fourth-order valence-corrected chi connectivity index (χ4v) is 1.10. The van der Waals surface area contributed by atoms with Crippen molar-refractivity contribution >= 4 is 17.4 Å². The Balaban J connectivity index is 2.71. The van der Waals surface area contributed by atoms with Gasteiger partial charge in [-0.25, -0.2) is 4.98 Å². The average Bonchev–Trinajstić information content (AvgIpc) is 2.17. The monoisotopic (exact) mass is 184 g/mol. The van der Waals surface area contributed by atoms with E-state index in [0.29, 0.717) is 11.9 Å². The van der Waals surface area contributed by atoms with Crippen LogP contribution in [0.25, 0.3) is 0 Å². The second-order valence-corrected chi connectivity index (χ2v) is 3.11. The summed E-state index contributed by atoms with van der Waals surface area (Å²) in [6.07, 6.45) is 1.78. The Morgan fingerprint density at radius 2 is 2.33 bits per heavy atom. The summed E-state index contributed by atoms with van der Waals surface area (Å²) >= 11 is 5.73. The molecule has 0 spiro atoms. The van der Waals surface area contributed by atoms with Gasteiger partial charge in [0.1, 0.15) is 5.82 Å². The molecule has 1 aromatic rings. The maximum atomic E-state index is 5.73. The molecule has 0 aliphatic rings. The van der Waals surface area contributed by atoms with Crippen molar-refractivity contribution in [3.8, 4) is 0 Å². The highest BCUT2D eigenvalue weighted by atomic mass is 35.5. The topological polar surface area (TPSA) is 16.1 Å². The third-order valence-corrected chi connectivity index (χ3v) is 2.34. The fraction of sp³-hybridized carbons (Fsp3) is 0.444. The second-order valence-electron chi connectivity index (χ2n) is 2.80. The van der Waals surface area contributed by atoms with Crippen LogP contribution in [0.1, 0.15) is 6.92 Å². The highest BCUT2D eigenvalue weighted by Gasteiger charge is 2.08. The van der Waals surface area contributed by atoms with Crippen LogP contribution in [-0.4, -0.2) is 24.0 Å². The predicted molar refractivity (Wildman–Crippen MR) is 52.8 cm³/mol. The molecule has 0 bridgehead atoms. The fourth-order valence-electron chi connectivity index (χ4n) is 0.892. The van der Waals surface area contributed by atoms with Crippen molar-refractivity contribution in [2.45, 2.75) is 13.0 Å². The highest BCUT2D eigenvalue weighted by Crippen LogP contribution is 2.10. The Bertz CT molecular complexity index is 225. The largest absolute Gasteiger partial charge is 0.356 e. The van der Waals surface area contributed by atoms with Gasteiger partial charge in [-0.05, 0) is 19.1 Å². The lowest BCUT2D eigenvalue weighted by Gasteiger charge is -2.23. The molecular weight excluding hydrogens is 172 g/mol. The van der Waals surface area contributed by atoms with Gasteiger partial charge in [-0.3, -0.25) is 0 Å². The Morgan fingerprint density at radius 1 is 1.58 bits per heavy atom. The van der Waals surface area contributed by atoms with E-state index in [0.717, 1.165) is 5.82 Å². The summed E-state index contributed by atoms with van der Waals surface area (Å²) in [6, 6.07) is 6.17. The summed E-state index contributed by atoms with van der Waals surface area (Å²) in [5.74, 6) is 1.58. The lowest BCUT2D eigenvalue weighted by atomic mass is 10.3. The van der Waals surface area contributed by atoms with Crippen LogP contribution in [0.4, 0.5) is 5.82 Å². The molecule has 1 aromatic heterocycles. The first-order valence-electron chi connectivity index (χ1n) is 3.95. The van der Waals surface area contributed by atoms with Gasteiger partial charge in [0, 0.05) is 25.2 Å². The zero-order valence-electron chi connectivity index (χ0n) is 7.37. The lowest BCUT2D eigenvalue weighted by molar-refractivity contribution is 0.749. The number of rotatable bonds is 3. The minimum Gasteiger partial charge on any atom is -0.356 e. The Hall–Kier alpha value is -0.760. The van der Waals surface area contributed by atoms with Gasteiger partial charge in [-0.15, -0.1) is 11.6 Å². The van der Waals surface area contributed by atoms with Crippen LogP contribution in [0.15, 0.2) is 24.4 Å². The molecule has 66 valence electrons. The van der Waals surface area contributed by atoms with Gasteiger partial charge >= 0.3 is 0 Å². The molecule has 0 saturated heterocycles. The minimum absolute atomic E-state index is 0.321. The molecule has 1 heterocycles. The van der Waals surface area contributed by atoms with Crippen molar-refractivity contribution in [1.82, 2.24) is 4.98 Å². The molecule has 0 radical (unpaired) electrons. The Labute approximate surface area is 78.2 Å². The van der Waals surface area contributed by atoms with Crippen molar-refractivity contribution in [2.75, 3.05) is 17.8 Å². The van der Waals surface area contributed by atoms with Gasteiger partial charge in [0.2, 0.25) is 0 Å². The Kier molecular flexibility index (Phi) is 3.35. The van der Waals surface area contributed by atoms with Crippen LogP contribution >= 0.6 is 11.6 Å². The molecule has 0 aliphatic carbocycles. The number of halogens is 1. The van der Waals surface area contributed by atoms with E-state index in [-0.39, 0.29) is 0 Å². The molecule has 1 unspecified atom stereocenters. The summed E-state index contributed by atoms with van der Waals surface area (Å²) in [7, 11) is 2.00. The van der Waals surface area contributed by atoms with Crippen LogP contribution in [0, 0.1) is 0 Å². The maximum Gasteiger partial charge on any atom is 0.128 e. The van der Waals surface area contributed by atoms with Gasteiger partial charge in [0.15, 0.2) is 0 Å². The first-order valence-corrected chi connectivity index (χ1v) is 4.49. The molecule has 3 heteroatoms. The van der Waals surface area contributed by atoms with Gasteiger partial charge in [0.05, 0.1) is 0 Å². The molecule has 2 nitrogen and oxygen atoms in total. The third kappa shape index (κ3) is 2.11. The van der Waals surface area contributed by atoms with Gasteiger partial charge in [-0.2, -0.15) is 0 Å². The molecule has 0 N–H and O–H groups in total. The molecule has 0 aromatic carbocycles. The first-order chi connectivity index (χ1) is 5.75. The van der Waals surface area contributed by atoms with E-state index in [1.54, 1.807) is 6.20 Å². The van der Waals surface area contributed by atoms with Gasteiger partial charge in [0.25, 0.3) is 0 Å². The van der Waals surface area contributed by atoms with Crippen LogP contribution in [-0.2, 0) is 0 Å². The van der Waals surface area contributed by atoms with E-state index in [4.69, 9.17) is 11.6 Å². The van der Waals surface area contributed by atoms with E-state index >= 15 is 0 Å². The van der Waals surface area contributed by atoms with Crippen molar-refractivity contribution in [1.29, 1.82) is 0 Å². The maximum absolute atomic E-state index is 5.73. The summed E-state index contributed by atoms with van der Waals surface area (Å²) in [4.78, 5) is 6.28. The quantitative estimate of drug-likeness (QED) is 0.670. The van der Waals surface area contributed by atoms with E-state index in [1.807, 2.05) is 25.2 Å². The molecule has 0 aliphatic heterocycles. The van der Waals surface area contributed by atoms with Crippen molar-refractivity contribution < 1.29 is 0 Å². The van der Waals surface area contributed by atoms with E-state index in [2.05, 4.69) is 16.8 Å². The lowest BCUT2D eigenvalue weighted by Crippen LogP contribution is -2.30. The van der Waals surface area contributed by atoms with E-state index < -0.39 is 0 Å². The van der Waals surface area contributed by atoms with Crippen molar-refractivity contribution in [2.24, 2.45) is 0 Å². The van der Waals surface area contributed by atoms with Gasteiger partial charge in [-0.1, -0.05) is 6.07 Å². The molecule has 0 fully saturated rings. The number of aromatic nitrogens is 1. The summed E-state index contributed by atoms with van der Waals surface area (Å²) in [6.45, 7) is 2.07. The second kappa shape index (κ2) is 4.31. The number of pyridine rings is 1. The average molecular weight is 185 g/mol. The van der Waals surface area contributed by atoms with Crippen LogP contribution in [0.5, 0.6) is 0 Å². The molecular formula is C9H13ClN2. The standard InChI is InChI=1S/C9H13ClN2/c1-8(7-10)12(2)9-5-3-4-6-11-9/h3-6,8H,7H2,1-2H3. The number of alkyl halides is 1. The highest BCUT2D eigenvalue weighted by molar-refractivity contribution is 6.18. The number of hydrogen-bond acceptors (Lipinski definition) is 2. The molecule has 1 atom stereocenters. The Morgan fingerprint density at radius 3 is 2.83 bits per heavy atom. The van der Waals surface area contributed by atoms with E-state index in [1.165, 1.54) is 0 Å². The van der Waals surface area contributed by atoms with Crippen molar-refractivity contribution in [3.63, 3.8) is 0 Å². The summed E-state index contributed by atoms with van der Waals surface area (Å²) in [5.41, 5.74) is 0. The smallest absolute Gasteiger partial charge is 0.128 e. The molecule has 0 amide bonds. The van der Waals surface area contributed by atoms with Crippen LogP contribution < -0.4 is 4.90 Å². The molecule has 0 saturated carbocycles. The normalized spacial score (nSPS) is 12.6. The van der Waals surface area contributed by atoms with Crippen LogP contribution in [0.3, 0.4) is 0 Å². The minimum atomic E-state index is 0.321. The zero-order chi connectivity index (χ0) is 8.97. The third-order valence-electron chi connectivity index (χ3n) is 1.90.